The molecule has 1 aromatic rings. The summed E-state index contributed by atoms with van der Waals surface area (Å²) in [4.78, 5) is 4.58. The van der Waals surface area contributed by atoms with Crippen molar-refractivity contribution in [1.82, 2.24) is 10.3 Å². The van der Waals surface area contributed by atoms with Crippen LogP contribution in [0.2, 0.25) is 4.47 Å². The molecule has 0 spiro atoms. The van der Waals surface area contributed by atoms with Crippen LogP contribution in [0.1, 0.15) is 17.7 Å². The van der Waals surface area contributed by atoms with Crippen LogP contribution in [-0.2, 0) is 15.6 Å². The largest absolute Gasteiger partial charge is 0.317 e. The van der Waals surface area contributed by atoms with E-state index < -0.39 is 9.84 Å². The lowest BCUT2D eigenvalue weighted by Gasteiger charge is -2.22. The normalized spacial score (nSPS) is 18.8. The molecule has 1 aliphatic rings. The number of sulfone groups is 1. The number of hydrogen-bond acceptors (Lipinski definition) is 5. The predicted octanol–water partition coefficient (Wildman–Crippen LogP) is 1.46. The first-order valence-electron chi connectivity index (χ1n) is 5.10. The SMILES string of the molecule is O=S(=O)(Cc1cnc(Cl)s1)C1CCNCC1. The molecular formula is C9H13ClN2O2S2. The van der Waals surface area contributed by atoms with Crippen molar-refractivity contribution in [2.45, 2.75) is 23.8 Å². The number of nitrogens with one attached hydrogen (secondary N) is 1. The van der Waals surface area contributed by atoms with E-state index in [-0.39, 0.29) is 11.0 Å². The third kappa shape index (κ3) is 2.94. The first-order chi connectivity index (χ1) is 7.58. The molecule has 4 nitrogen and oxygen atoms in total. The van der Waals surface area contributed by atoms with Crippen molar-refractivity contribution in [1.29, 1.82) is 0 Å². The van der Waals surface area contributed by atoms with E-state index in [0.29, 0.717) is 17.3 Å². The molecule has 16 heavy (non-hydrogen) atoms. The highest BCUT2D eigenvalue weighted by molar-refractivity contribution is 7.91. The molecule has 0 unspecified atom stereocenters. The lowest BCUT2D eigenvalue weighted by molar-refractivity contribution is 0.496. The van der Waals surface area contributed by atoms with Crippen molar-refractivity contribution < 1.29 is 8.42 Å². The molecule has 90 valence electrons. The fourth-order valence-electron chi connectivity index (χ4n) is 1.82. The number of piperidine rings is 1. The molecule has 1 aromatic heterocycles. The molecule has 0 radical (unpaired) electrons. The topological polar surface area (TPSA) is 59.1 Å². The summed E-state index contributed by atoms with van der Waals surface area (Å²) >= 11 is 6.92. The van der Waals surface area contributed by atoms with Gasteiger partial charge in [0.05, 0.1) is 11.0 Å². The lowest BCUT2D eigenvalue weighted by atomic mass is 10.2. The minimum absolute atomic E-state index is 0.0715. The average Bonchev–Trinajstić information content (AvgIpc) is 2.64. The quantitative estimate of drug-likeness (QED) is 0.911. The van der Waals surface area contributed by atoms with Crippen LogP contribution in [0.3, 0.4) is 0 Å². The summed E-state index contributed by atoms with van der Waals surface area (Å²) in [6.45, 7) is 1.57. The number of halogens is 1. The first-order valence-corrected chi connectivity index (χ1v) is 8.01. The first kappa shape index (κ1) is 12.3. The van der Waals surface area contributed by atoms with Crippen molar-refractivity contribution in [3.63, 3.8) is 0 Å². The number of aromatic nitrogens is 1. The standard InChI is InChI=1S/C9H13ClN2O2S2/c10-9-12-5-7(15-9)6-16(13,14)8-1-3-11-4-2-8/h5,8,11H,1-4,6H2. The predicted molar refractivity (Wildman–Crippen MR) is 65.6 cm³/mol. The molecule has 0 aromatic carbocycles. The van der Waals surface area contributed by atoms with E-state index in [1.165, 1.54) is 11.3 Å². The average molecular weight is 281 g/mol. The van der Waals surface area contributed by atoms with E-state index in [4.69, 9.17) is 11.6 Å². The third-order valence-corrected chi connectivity index (χ3v) is 6.16. The Morgan fingerprint density at radius 1 is 1.50 bits per heavy atom. The number of thiazole rings is 1. The monoisotopic (exact) mass is 280 g/mol. The van der Waals surface area contributed by atoms with Gasteiger partial charge in [-0.05, 0) is 25.9 Å². The van der Waals surface area contributed by atoms with Crippen molar-refractivity contribution in [2.75, 3.05) is 13.1 Å². The Morgan fingerprint density at radius 2 is 2.19 bits per heavy atom. The third-order valence-electron chi connectivity index (χ3n) is 2.66. The Balaban J connectivity index is 2.07. The van der Waals surface area contributed by atoms with Gasteiger partial charge in [-0.2, -0.15) is 0 Å². The Kier molecular flexibility index (Phi) is 3.84. The Morgan fingerprint density at radius 3 is 2.75 bits per heavy atom. The highest BCUT2D eigenvalue weighted by Crippen LogP contribution is 2.23. The van der Waals surface area contributed by atoms with Gasteiger partial charge >= 0.3 is 0 Å². The van der Waals surface area contributed by atoms with Gasteiger partial charge in [-0.1, -0.05) is 11.6 Å². The number of rotatable bonds is 3. The van der Waals surface area contributed by atoms with Crippen LogP contribution in [0, 0.1) is 0 Å². The summed E-state index contributed by atoms with van der Waals surface area (Å²) < 4.78 is 24.5. The summed E-state index contributed by atoms with van der Waals surface area (Å²) in [5.41, 5.74) is 0. The second-order valence-electron chi connectivity index (χ2n) is 3.84. The van der Waals surface area contributed by atoms with Crippen LogP contribution in [0.15, 0.2) is 6.20 Å². The van der Waals surface area contributed by atoms with Gasteiger partial charge in [-0.25, -0.2) is 13.4 Å². The molecule has 0 atom stereocenters. The maximum absolute atomic E-state index is 12.1. The molecule has 0 saturated carbocycles. The van der Waals surface area contributed by atoms with E-state index in [9.17, 15) is 8.42 Å². The lowest BCUT2D eigenvalue weighted by Crippen LogP contribution is -2.36. The Bertz CT molecular complexity index is 452. The summed E-state index contributed by atoms with van der Waals surface area (Å²) in [7, 11) is -3.05. The summed E-state index contributed by atoms with van der Waals surface area (Å²) in [6.07, 6.45) is 2.95. The van der Waals surface area contributed by atoms with Crippen LogP contribution < -0.4 is 5.32 Å². The molecule has 0 amide bonds. The second kappa shape index (κ2) is 5.00. The highest BCUT2D eigenvalue weighted by Gasteiger charge is 2.27. The van der Waals surface area contributed by atoms with E-state index in [2.05, 4.69) is 10.3 Å². The van der Waals surface area contributed by atoms with Gasteiger partial charge in [0.2, 0.25) is 0 Å². The molecule has 2 rings (SSSR count). The molecule has 0 bridgehead atoms. The van der Waals surface area contributed by atoms with Gasteiger partial charge in [0, 0.05) is 11.1 Å². The van der Waals surface area contributed by atoms with Gasteiger partial charge < -0.3 is 5.32 Å². The van der Waals surface area contributed by atoms with Crippen molar-refractivity contribution in [3.05, 3.63) is 15.5 Å². The maximum atomic E-state index is 12.1. The zero-order chi connectivity index (χ0) is 11.6. The van der Waals surface area contributed by atoms with Gasteiger partial charge in [0.1, 0.15) is 0 Å². The van der Waals surface area contributed by atoms with Crippen LogP contribution in [-0.4, -0.2) is 31.7 Å². The molecule has 1 fully saturated rings. The summed E-state index contributed by atoms with van der Waals surface area (Å²) in [5.74, 6) is 0.0715. The minimum Gasteiger partial charge on any atom is -0.317 e. The van der Waals surface area contributed by atoms with Gasteiger partial charge in [0.15, 0.2) is 14.3 Å². The zero-order valence-electron chi connectivity index (χ0n) is 8.65. The molecule has 2 heterocycles. The Labute approximate surface area is 104 Å². The molecule has 0 aliphatic carbocycles. The van der Waals surface area contributed by atoms with E-state index in [1.54, 1.807) is 6.20 Å². The van der Waals surface area contributed by atoms with Crippen LogP contribution >= 0.6 is 22.9 Å². The molecular weight excluding hydrogens is 268 g/mol. The van der Waals surface area contributed by atoms with Crippen molar-refractivity contribution in [2.24, 2.45) is 0 Å². The van der Waals surface area contributed by atoms with E-state index in [1.807, 2.05) is 0 Å². The molecule has 1 aliphatic heterocycles. The zero-order valence-corrected chi connectivity index (χ0v) is 11.0. The van der Waals surface area contributed by atoms with Crippen molar-refractivity contribution >= 4 is 32.8 Å². The van der Waals surface area contributed by atoms with Gasteiger partial charge in [-0.3, -0.25) is 0 Å². The van der Waals surface area contributed by atoms with Gasteiger partial charge in [-0.15, -0.1) is 11.3 Å². The highest BCUT2D eigenvalue weighted by atomic mass is 35.5. The number of nitrogens with zero attached hydrogens (tertiary/aromatic N) is 1. The molecule has 1 N–H and O–H groups in total. The summed E-state index contributed by atoms with van der Waals surface area (Å²) in [5, 5.41) is 2.95. The van der Waals surface area contributed by atoms with Crippen LogP contribution in [0.5, 0.6) is 0 Å². The van der Waals surface area contributed by atoms with Crippen molar-refractivity contribution in [3.8, 4) is 0 Å². The maximum Gasteiger partial charge on any atom is 0.183 e. The fraction of sp³-hybridized carbons (Fsp3) is 0.667. The number of hydrogen-bond donors (Lipinski definition) is 1. The summed E-state index contributed by atoms with van der Waals surface area (Å²) in [6, 6.07) is 0. The van der Waals surface area contributed by atoms with Gasteiger partial charge in [0.25, 0.3) is 0 Å². The smallest absolute Gasteiger partial charge is 0.183 e. The minimum atomic E-state index is -3.05. The van der Waals surface area contributed by atoms with E-state index >= 15 is 0 Å². The van der Waals surface area contributed by atoms with E-state index in [0.717, 1.165) is 18.0 Å². The van der Waals surface area contributed by atoms with Crippen LogP contribution in [0.25, 0.3) is 0 Å². The Hall–Kier alpha value is -0.170. The molecule has 1 saturated heterocycles. The fourth-order valence-corrected chi connectivity index (χ4v) is 4.98. The molecule has 7 heteroatoms. The second-order valence-corrected chi connectivity index (χ2v) is 7.81. The van der Waals surface area contributed by atoms with Crippen LogP contribution in [0.4, 0.5) is 0 Å².